The Morgan fingerprint density at radius 2 is 2.08 bits per heavy atom. The molecule has 1 aromatic carbocycles. The smallest absolute Gasteiger partial charge is 0.347 e. The van der Waals surface area contributed by atoms with Crippen LogP contribution < -0.4 is 5.69 Å². The molecule has 1 atom stereocenters. The maximum absolute atomic E-state index is 13.9. The molecular formula is C18H21F2N3O3. The van der Waals surface area contributed by atoms with E-state index in [9.17, 15) is 18.4 Å². The second-order valence-corrected chi connectivity index (χ2v) is 7.40. The molecule has 6 nitrogen and oxygen atoms in total. The molecule has 0 radical (unpaired) electrons. The number of esters is 1. The Morgan fingerprint density at radius 1 is 1.35 bits per heavy atom. The van der Waals surface area contributed by atoms with Crippen LogP contribution in [0.5, 0.6) is 0 Å². The van der Waals surface area contributed by atoms with E-state index >= 15 is 0 Å². The summed E-state index contributed by atoms with van der Waals surface area (Å²) in [6.45, 7) is 5.15. The van der Waals surface area contributed by atoms with Crippen LogP contribution in [0.2, 0.25) is 0 Å². The van der Waals surface area contributed by atoms with Crippen LogP contribution in [-0.4, -0.2) is 25.9 Å². The second kappa shape index (κ2) is 6.66. The molecule has 0 amide bonds. The predicted octanol–water partition coefficient (Wildman–Crippen LogP) is 2.59. The quantitative estimate of drug-likeness (QED) is 0.784. The Balaban J connectivity index is 1.92. The lowest BCUT2D eigenvalue weighted by Crippen LogP contribution is -2.38. The van der Waals surface area contributed by atoms with Gasteiger partial charge >= 0.3 is 11.7 Å². The predicted molar refractivity (Wildman–Crippen MR) is 89.8 cm³/mol. The molecule has 2 aromatic rings. The van der Waals surface area contributed by atoms with E-state index in [2.05, 4.69) is 5.10 Å². The molecule has 1 aliphatic heterocycles. The van der Waals surface area contributed by atoms with Crippen LogP contribution in [0.1, 0.15) is 51.0 Å². The van der Waals surface area contributed by atoms with Crippen molar-refractivity contribution in [2.24, 2.45) is 0 Å². The van der Waals surface area contributed by atoms with E-state index in [-0.39, 0.29) is 12.1 Å². The third kappa shape index (κ3) is 3.68. The van der Waals surface area contributed by atoms with Gasteiger partial charge in [-0.1, -0.05) is 6.07 Å². The molecule has 8 heteroatoms. The topological polar surface area (TPSA) is 66.1 Å². The zero-order valence-corrected chi connectivity index (χ0v) is 15.0. The maximum Gasteiger partial charge on any atom is 0.347 e. The fourth-order valence-electron chi connectivity index (χ4n) is 3.04. The summed E-state index contributed by atoms with van der Waals surface area (Å²) in [5, 5.41) is 4.24. The van der Waals surface area contributed by atoms with Gasteiger partial charge in [0, 0.05) is 18.1 Å². The van der Waals surface area contributed by atoms with Crippen molar-refractivity contribution in [2.45, 2.75) is 58.2 Å². The highest BCUT2D eigenvalue weighted by molar-refractivity contribution is 5.74. The number of nitrogens with zero attached hydrogens (tertiary/aromatic N) is 3. The van der Waals surface area contributed by atoms with Crippen molar-refractivity contribution < 1.29 is 18.3 Å². The number of aryl methyl sites for hydroxylation is 1. The highest BCUT2D eigenvalue weighted by Gasteiger charge is 2.33. The van der Waals surface area contributed by atoms with Gasteiger partial charge in [-0.15, -0.1) is 0 Å². The van der Waals surface area contributed by atoms with Gasteiger partial charge in [-0.05, 0) is 39.7 Å². The van der Waals surface area contributed by atoms with Crippen molar-refractivity contribution in [2.75, 3.05) is 0 Å². The summed E-state index contributed by atoms with van der Waals surface area (Å²) in [5.74, 6) is -1.44. The fraction of sp³-hybridized carbons (Fsp3) is 0.500. The number of hydrogen-bond donors (Lipinski definition) is 0. The molecule has 2 heterocycles. The van der Waals surface area contributed by atoms with E-state index in [0.717, 1.165) is 16.8 Å². The zero-order valence-electron chi connectivity index (χ0n) is 15.0. The van der Waals surface area contributed by atoms with E-state index in [4.69, 9.17) is 4.74 Å². The van der Waals surface area contributed by atoms with Gasteiger partial charge in [0.05, 0.1) is 6.54 Å². The molecule has 26 heavy (non-hydrogen) atoms. The molecular weight excluding hydrogens is 344 g/mol. The summed E-state index contributed by atoms with van der Waals surface area (Å²) in [6, 6.07) is 2.43. The second-order valence-electron chi connectivity index (χ2n) is 7.40. The van der Waals surface area contributed by atoms with Crippen molar-refractivity contribution >= 4 is 5.97 Å². The minimum atomic E-state index is -0.744. The van der Waals surface area contributed by atoms with Crippen molar-refractivity contribution in [3.63, 3.8) is 0 Å². The molecule has 0 spiro atoms. The van der Waals surface area contributed by atoms with Gasteiger partial charge in [0.2, 0.25) is 0 Å². The van der Waals surface area contributed by atoms with Crippen molar-refractivity contribution in [1.82, 2.24) is 14.3 Å². The highest BCUT2D eigenvalue weighted by Crippen LogP contribution is 2.25. The van der Waals surface area contributed by atoms with E-state index in [1.54, 1.807) is 20.8 Å². The number of carbonyl (C=O) groups excluding carboxylic acids is 1. The number of aromatic nitrogens is 3. The summed E-state index contributed by atoms with van der Waals surface area (Å²) in [5.41, 5.74) is -1.01. The molecule has 0 unspecified atom stereocenters. The number of halogens is 2. The standard InChI is InChI=1S/C18H21F2N3O3/c1-18(2,3)26-16(24)14-5-4-6-15-21-22(17(25)23(14)15)10-11-7-8-12(19)9-13(11)20/h7-9,14H,4-6,10H2,1-3H3/t14-/m0/s1. The minimum Gasteiger partial charge on any atom is -0.458 e. The van der Waals surface area contributed by atoms with Crippen LogP contribution in [0.25, 0.3) is 0 Å². The number of rotatable bonds is 3. The van der Waals surface area contributed by atoms with Gasteiger partial charge in [0.25, 0.3) is 0 Å². The minimum absolute atomic E-state index is 0.133. The van der Waals surface area contributed by atoms with Crippen LogP contribution >= 0.6 is 0 Å². The van der Waals surface area contributed by atoms with Crippen LogP contribution in [0, 0.1) is 11.6 Å². The third-order valence-corrected chi connectivity index (χ3v) is 4.14. The lowest BCUT2D eigenvalue weighted by Gasteiger charge is -2.26. The monoisotopic (exact) mass is 365 g/mol. The van der Waals surface area contributed by atoms with Gasteiger partial charge in [-0.25, -0.2) is 23.1 Å². The number of ether oxygens (including phenoxy) is 1. The normalized spacial score (nSPS) is 17.0. The summed E-state index contributed by atoms with van der Waals surface area (Å²) in [6.07, 6.45) is 1.73. The van der Waals surface area contributed by atoms with Crippen molar-refractivity contribution in [3.8, 4) is 0 Å². The lowest BCUT2D eigenvalue weighted by molar-refractivity contribution is -0.159. The van der Waals surface area contributed by atoms with E-state index in [1.807, 2.05) is 0 Å². The molecule has 0 fully saturated rings. The van der Waals surface area contributed by atoms with Gasteiger partial charge in [-0.3, -0.25) is 4.57 Å². The molecule has 0 saturated carbocycles. The van der Waals surface area contributed by atoms with Gasteiger partial charge in [0.15, 0.2) is 0 Å². The maximum atomic E-state index is 13.9. The molecule has 140 valence electrons. The number of hydrogen-bond acceptors (Lipinski definition) is 4. The summed E-state index contributed by atoms with van der Waals surface area (Å²) < 4.78 is 34.8. The number of fused-ring (bicyclic) bond motifs is 1. The van der Waals surface area contributed by atoms with Gasteiger partial charge in [0.1, 0.15) is 29.1 Å². The Bertz CT molecular complexity index is 896. The van der Waals surface area contributed by atoms with Crippen molar-refractivity contribution in [3.05, 3.63) is 51.7 Å². The first kappa shape index (κ1) is 18.3. The van der Waals surface area contributed by atoms with Crippen LogP contribution in [0.4, 0.5) is 8.78 Å². The average molecular weight is 365 g/mol. The van der Waals surface area contributed by atoms with E-state index in [1.165, 1.54) is 10.6 Å². The SMILES string of the molecule is CC(C)(C)OC(=O)[C@@H]1CCCc2nn(Cc3ccc(F)cc3F)c(=O)n21. The van der Waals surface area contributed by atoms with E-state index in [0.29, 0.717) is 25.1 Å². The first-order valence-electron chi connectivity index (χ1n) is 8.51. The number of carbonyl (C=O) groups is 1. The Morgan fingerprint density at radius 3 is 2.73 bits per heavy atom. The molecule has 3 rings (SSSR count). The summed E-state index contributed by atoms with van der Waals surface area (Å²) in [7, 11) is 0. The Labute approximate surface area is 149 Å². The zero-order chi connectivity index (χ0) is 19.1. The van der Waals surface area contributed by atoms with Gasteiger partial charge < -0.3 is 4.74 Å². The summed E-state index contributed by atoms with van der Waals surface area (Å²) >= 11 is 0. The van der Waals surface area contributed by atoms with E-state index < -0.39 is 34.9 Å². The fourth-order valence-corrected chi connectivity index (χ4v) is 3.04. The lowest BCUT2D eigenvalue weighted by atomic mass is 10.0. The van der Waals surface area contributed by atoms with Crippen LogP contribution in [0.15, 0.2) is 23.0 Å². The first-order chi connectivity index (χ1) is 12.2. The molecule has 0 bridgehead atoms. The van der Waals surface area contributed by atoms with Crippen LogP contribution in [-0.2, 0) is 22.5 Å². The van der Waals surface area contributed by atoms with Crippen molar-refractivity contribution in [1.29, 1.82) is 0 Å². The molecule has 0 aliphatic carbocycles. The molecule has 0 saturated heterocycles. The molecule has 1 aromatic heterocycles. The first-order valence-corrected chi connectivity index (χ1v) is 8.51. The highest BCUT2D eigenvalue weighted by atomic mass is 19.1. The van der Waals surface area contributed by atoms with Crippen LogP contribution in [0.3, 0.4) is 0 Å². The Kier molecular flexibility index (Phi) is 4.68. The van der Waals surface area contributed by atoms with Gasteiger partial charge in [-0.2, -0.15) is 5.10 Å². The third-order valence-electron chi connectivity index (χ3n) is 4.14. The largest absolute Gasteiger partial charge is 0.458 e. The summed E-state index contributed by atoms with van der Waals surface area (Å²) in [4.78, 5) is 25.2. The number of benzene rings is 1. The average Bonchev–Trinajstić information content (AvgIpc) is 2.85. The molecule has 1 aliphatic rings. The molecule has 0 N–H and O–H groups in total. The Hall–Kier alpha value is -2.51.